The third-order valence-corrected chi connectivity index (χ3v) is 3.93. The first kappa shape index (κ1) is 12.6. The first-order chi connectivity index (χ1) is 7.02. The number of rotatable bonds is 3. The lowest BCUT2D eigenvalue weighted by molar-refractivity contribution is 0.0693. The van der Waals surface area contributed by atoms with Gasteiger partial charge in [0.2, 0.25) is 0 Å². The molecule has 1 aromatic rings. The fourth-order valence-corrected chi connectivity index (χ4v) is 2.95. The fraction of sp³-hybridized carbons (Fsp3) is 0.300. The smallest absolute Gasteiger partial charge is 0.336 e. The number of anilines is 1. The Labute approximate surface area is 107 Å². The van der Waals surface area contributed by atoms with Crippen LogP contribution in [0, 0.1) is 3.57 Å². The highest BCUT2D eigenvalue weighted by atomic mass is 127. The van der Waals surface area contributed by atoms with Crippen LogP contribution < -0.4 is 5.73 Å². The Balaban J connectivity index is 3.54. The van der Waals surface area contributed by atoms with E-state index in [1.807, 2.05) is 13.2 Å². The highest BCUT2D eigenvalue weighted by Gasteiger charge is 2.17. The number of carboxylic acids is 1. The lowest BCUT2D eigenvalue weighted by Gasteiger charge is -2.13. The van der Waals surface area contributed by atoms with Gasteiger partial charge in [-0.05, 0) is 46.9 Å². The normalized spacial score (nSPS) is 10.3. The lowest BCUT2D eigenvalue weighted by atomic mass is 10.1. The third kappa shape index (κ3) is 2.39. The molecule has 0 unspecified atom stereocenters. The van der Waals surface area contributed by atoms with Gasteiger partial charge < -0.3 is 10.8 Å². The second-order valence-electron chi connectivity index (χ2n) is 2.99. The molecule has 0 amide bonds. The molecule has 0 radical (unpaired) electrons. The van der Waals surface area contributed by atoms with Gasteiger partial charge in [0.05, 0.1) is 5.56 Å². The quantitative estimate of drug-likeness (QED) is 0.506. The molecule has 5 heteroatoms. The number of benzene rings is 1. The topological polar surface area (TPSA) is 63.3 Å². The molecule has 0 aromatic heterocycles. The fourth-order valence-electron chi connectivity index (χ4n) is 1.44. The summed E-state index contributed by atoms with van der Waals surface area (Å²) in [6.07, 6.45) is 2.62. The summed E-state index contributed by atoms with van der Waals surface area (Å²) in [5, 5.41) is 9.07. The van der Waals surface area contributed by atoms with Crippen LogP contribution in [0.3, 0.4) is 0 Å². The van der Waals surface area contributed by atoms with Crippen molar-refractivity contribution in [2.75, 3.05) is 12.0 Å². The number of carboxylic acid groups (broad SMARTS) is 1. The molecule has 0 saturated carbocycles. The third-order valence-electron chi connectivity index (χ3n) is 2.16. The highest BCUT2D eigenvalue weighted by molar-refractivity contribution is 14.1. The zero-order valence-corrected chi connectivity index (χ0v) is 11.5. The molecule has 0 aliphatic rings. The molecule has 0 spiro atoms. The van der Waals surface area contributed by atoms with Crippen LogP contribution in [0.25, 0.3) is 0 Å². The van der Waals surface area contributed by atoms with E-state index in [4.69, 9.17) is 10.8 Å². The number of hydrogen-bond acceptors (Lipinski definition) is 3. The number of halogens is 1. The van der Waals surface area contributed by atoms with Gasteiger partial charge in [0.25, 0.3) is 0 Å². The summed E-state index contributed by atoms with van der Waals surface area (Å²) in [7, 11) is 0. The average molecular weight is 337 g/mol. The molecule has 3 nitrogen and oxygen atoms in total. The number of carbonyl (C=O) groups is 1. The minimum atomic E-state index is -0.896. The van der Waals surface area contributed by atoms with E-state index in [-0.39, 0.29) is 0 Å². The Hall–Kier alpha value is -0.430. The lowest BCUT2D eigenvalue weighted by Crippen LogP contribution is -2.06. The molecule has 1 aromatic carbocycles. The first-order valence-electron chi connectivity index (χ1n) is 4.41. The van der Waals surface area contributed by atoms with Crippen LogP contribution in [-0.4, -0.2) is 17.3 Å². The minimum Gasteiger partial charge on any atom is -0.478 e. The van der Waals surface area contributed by atoms with E-state index in [1.165, 1.54) is 11.8 Å². The largest absolute Gasteiger partial charge is 0.478 e. The molecule has 0 heterocycles. The van der Waals surface area contributed by atoms with Crippen molar-refractivity contribution in [3.05, 3.63) is 20.8 Å². The molecular formula is C10H12INO2S. The number of aromatic carboxylic acids is 1. The van der Waals surface area contributed by atoms with Gasteiger partial charge in [-0.3, -0.25) is 0 Å². The van der Waals surface area contributed by atoms with Gasteiger partial charge in [0, 0.05) is 14.2 Å². The summed E-state index contributed by atoms with van der Waals surface area (Å²) in [5.41, 5.74) is 7.91. The van der Waals surface area contributed by atoms with Gasteiger partial charge in [-0.1, -0.05) is 6.92 Å². The Bertz CT molecular complexity index is 407. The molecular weight excluding hydrogens is 325 g/mol. The second kappa shape index (κ2) is 5.07. The second-order valence-corrected chi connectivity index (χ2v) is 4.97. The van der Waals surface area contributed by atoms with Crippen molar-refractivity contribution in [3.63, 3.8) is 0 Å². The van der Waals surface area contributed by atoms with E-state index < -0.39 is 5.97 Å². The van der Waals surface area contributed by atoms with Gasteiger partial charge in [-0.25, -0.2) is 4.79 Å². The molecule has 3 N–H and O–H groups in total. The number of thioether (sulfide) groups is 1. The van der Waals surface area contributed by atoms with Crippen LogP contribution in [-0.2, 0) is 6.42 Å². The molecule has 0 aliphatic carbocycles. The number of nitrogens with two attached hydrogens (primary N) is 1. The molecule has 82 valence electrons. The van der Waals surface area contributed by atoms with E-state index in [0.29, 0.717) is 11.3 Å². The van der Waals surface area contributed by atoms with Crippen molar-refractivity contribution in [1.82, 2.24) is 0 Å². The molecule has 0 aliphatic heterocycles. The van der Waals surface area contributed by atoms with Crippen molar-refractivity contribution < 1.29 is 9.90 Å². The van der Waals surface area contributed by atoms with Crippen LogP contribution >= 0.6 is 34.4 Å². The average Bonchev–Trinajstić information content (AvgIpc) is 2.20. The summed E-state index contributed by atoms with van der Waals surface area (Å²) >= 11 is 3.50. The monoisotopic (exact) mass is 337 g/mol. The van der Waals surface area contributed by atoms with Gasteiger partial charge in [0.1, 0.15) is 0 Å². The van der Waals surface area contributed by atoms with Crippen molar-refractivity contribution in [2.24, 2.45) is 0 Å². The summed E-state index contributed by atoms with van der Waals surface area (Å²) in [4.78, 5) is 11.8. The maximum absolute atomic E-state index is 11.1. The van der Waals surface area contributed by atoms with Crippen LogP contribution in [0.5, 0.6) is 0 Å². The summed E-state index contributed by atoms with van der Waals surface area (Å²) in [6.45, 7) is 1.98. The van der Waals surface area contributed by atoms with Gasteiger partial charge in [-0.2, -0.15) is 0 Å². The SMILES string of the molecule is CCc1c(N)c(I)cc(C(=O)O)c1SC. The van der Waals surface area contributed by atoms with E-state index in [0.717, 1.165) is 20.4 Å². The standard InChI is InChI=1S/C10H12INO2S/c1-3-5-8(12)7(11)4-6(10(13)14)9(5)15-2/h4H,3,12H2,1-2H3,(H,13,14). The van der Waals surface area contributed by atoms with Crippen LogP contribution in [0.1, 0.15) is 22.8 Å². The van der Waals surface area contributed by atoms with Crippen molar-refractivity contribution in [2.45, 2.75) is 18.2 Å². The predicted molar refractivity (Wildman–Crippen MR) is 71.7 cm³/mol. The Morgan fingerprint density at radius 1 is 1.67 bits per heavy atom. The summed E-state index contributed by atoms with van der Waals surface area (Å²) in [6, 6.07) is 1.63. The minimum absolute atomic E-state index is 0.345. The van der Waals surface area contributed by atoms with Crippen LogP contribution in [0.4, 0.5) is 5.69 Å². The maximum Gasteiger partial charge on any atom is 0.336 e. The van der Waals surface area contributed by atoms with Crippen molar-refractivity contribution in [1.29, 1.82) is 0 Å². The van der Waals surface area contributed by atoms with Crippen LogP contribution in [0.15, 0.2) is 11.0 Å². The Morgan fingerprint density at radius 3 is 2.67 bits per heavy atom. The predicted octanol–water partition coefficient (Wildman–Crippen LogP) is 2.86. The van der Waals surface area contributed by atoms with Crippen molar-refractivity contribution in [3.8, 4) is 0 Å². The highest BCUT2D eigenvalue weighted by Crippen LogP contribution is 2.33. The van der Waals surface area contributed by atoms with Crippen LogP contribution in [0.2, 0.25) is 0 Å². The van der Waals surface area contributed by atoms with E-state index in [9.17, 15) is 4.79 Å². The molecule has 1 rings (SSSR count). The number of nitrogen functional groups attached to an aromatic ring is 1. The summed E-state index contributed by atoms with van der Waals surface area (Å²) in [5.74, 6) is -0.896. The Kier molecular flexibility index (Phi) is 4.27. The van der Waals surface area contributed by atoms with E-state index >= 15 is 0 Å². The molecule has 15 heavy (non-hydrogen) atoms. The van der Waals surface area contributed by atoms with E-state index in [2.05, 4.69) is 22.6 Å². The molecule has 0 saturated heterocycles. The molecule has 0 fully saturated rings. The zero-order valence-electron chi connectivity index (χ0n) is 8.50. The summed E-state index contributed by atoms with van der Waals surface area (Å²) < 4.78 is 0.805. The van der Waals surface area contributed by atoms with Gasteiger partial charge in [0.15, 0.2) is 0 Å². The molecule has 0 bridgehead atoms. The zero-order chi connectivity index (χ0) is 11.6. The maximum atomic E-state index is 11.1. The molecule has 0 atom stereocenters. The number of hydrogen-bond donors (Lipinski definition) is 2. The first-order valence-corrected chi connectivity index (χ1v) is 6.71. The van der Waals surface area contributed by atoms with Crippen molar-refractivity contribution >= 4 is 46.0 Å². The van der Waals surface area contributed by atoms with Gasteiger partial charge >= 0.3 is 5.97 Å². The Morgan fingerprint density at radius 2 is 2.27 bits per heavy atom. The van der Waals surface area contributed by atoms with Gasteiger partial charge in [-0.15, -0.1) is 11.8 Å². The van der Waals surface area contributed by atoms with E-state index in [1.54, 1.807) is 6.07 Å².